The average Bonchev–Trinajstić information content (AvgIpc) is 2.94. The third-order valence-electron chi connectivity index (χ3n) is 3.39. The van der Waals surface area contributed by atoms with Crippen LogP contribution < -0.4 is 19.5 Å². The van der Waals surface area contributed by atoms with Crippen LogP contribution in [0.15, 0.2) is 42.5 Å². The SMILES string of the molecule is CNC(C)c1ccccc1Oc1ccc2c(c1)OCO2. The summed E-state index contributed by atoms with van der Waals surface area (Å²) in [6, 6.07) is 13.8. The standard InChI is InChI=1S/C16H17NO3/c1-11(17-2)13-5-3-4-6-14(13)20-12-7-8-15-16(9-12)19-10-18-15/h3-9,11,17H,10H2,1-2H3. The third-order valence-corrected chi connectivity index (χ3v) is 3.39. The molecular weight excluding hydrogens is 254 g/mol. The van der Waals surface area contributed by atoms with Gasteiger partial charge in [-0.05, 0) is 32.2 Å². The van der Waals surface area contributed by atoms with Crippen molar-refractivity contribution < 1.29 is 14.2 Å². The number of hydrogen-bond donors (Lipinski definition) is 1. The normalized spacial score (nSPS) is 14.1. The second-order valence-corrected chi connectivity index (χ2v) is 4.67. The van der Waals surface area contributed by atoms with Crippen LogP contribution in [0.5, 0.6) is 23.0 Å². The van der Waals surface area contributed by atoms with Crippen molar-refractivity contribution in [3.05, 3.63) is 48.0 Å². The van der Waals surface area contributed by atoms with Crippen LogP contribution in [0.4, 0.5) is 0 Å². The number of hydrogen-bond acceptors (Lipinski definition) is 4. The summed E-state index contributed by atoms with van der Waals surface area (Å²) in [4.78, 5) is 0. The molecule has 0 aromatic heterocycles. The Morgan fingerprint density at radius 2 is 1.90 bits per heavy atom. The molecule has 1 unspecified atom stereocenters. The number of benzene rings is 2. The molecule has 1 N–H and O–H groups in total. The van der Waals surface area contributed by atoms with E-state index in [4.69, 9.17) is 14.2 Å². The Kier molecular flexibility index (Phi) is 3.48. The Hall–Kier alpha value is -2.20. The van der Waals surface area contributed by atoms with Crippen LogP contribution in [0, 0.1) is 0 Å². The highest BCUT2D eigenvalue weighted by Crippen LogP contribution is 2.37. The van der Waals surface area contributed by atoms with Gasteiger partial charge < -0.3 is 19.5 Å². The van der Waals surface area contributed by atoms with Gasteiger partial charge in [0.2, 0.25) is 6.79 Å². The lowest BCUT2D eigenvalue weighted by Gasteiger charge is -2.16. The molecule has 0 saturated heterocycles. The summed E-state index contributed by atoms with van der Waals surface area (Å²) in [6.07, 6.45) is 0. The topological polar surface area (TPSA) is 39.7 Å². The van der Waals surface area contributed by atoms with Crippen molar-refractivity contribution in [1.82, 2.24) is 5.32 Å². The smallest absolute Gasteiger partial charge is 0.231 e. The maximum atomic E-state index is 5.98. The molecule has 2 aromatic carbocycles. The van der Waals surface area contributed by atoms with E-state index in [0.29, 0.717) is 0 Å². The van der Waals surface area contributed by atoms with Gasteiger partial charge in [-0.25, -0.2) is 0 Å². The summed E-state index contributed by atoms with van der Waals surface area (Å²) >= 11 is 0. The second-order valence-electron chi connectivity index (χ2n) is 4.67. The maximum absolute atomic E-state index is 5.98. The molecule has 2 aromatic rings. The zero-order valence-corrected chi connectivity index (χ0v) is 11.6. The molecule has 20 heavy (non-hydrogen) atoms. The van der Waals surface area contributed by atoms with E-state index in [0.717, 1.165) is 28.6 Å². The van der Waals surface area contributed by atoms with Crippen molar-refractivity contribution in [1.29, 1.82) is 0 Å². The zero-order valence-electron chi connectivity index (χ0n) is 11.6. The first kappa shape index (κ1) is 12.8. The van der Waals surface area contributed by atoms with Gasteiger partial charge in [0.25, 0.3) is 0 Å². The van der Waals surface area contributed by atoms with E-state index >= 15 is 0 Å². The Morgan fingerprint density at radius 1 is 1.10 bits per heavy atom. The fourth-order valence-corrected chi connectivity index (χ4v) is 2.15. The molecular formula is C16H17NO3. The molecule has 0 saturated carbocycles. The molecule has 0 fully saturated rings. The van der Waals surface area contributed by atoms with Crippen molar-refractivity contribution >= 4 is 0 Å². The van der Waals surface area contributed by atoms with E-state index in [1.165, 1.54) is 0 Å². The molecule has 0 amide bonds. The summed E-state index contributed by atoms with van der Waals surface area (Å²) < 4.78 is 16.6. The molecule has 1 atom stereocenters. The van der Waals surface area contributed by atoms with Crippen LogP contribution in [0.25, 0.3) is 0 Å². The lowest BCUT2D eigenvalue weighted by molar-refractivity contribution is 0.174. The van der Waals surface area contributed by atoms with Crippen molar-refractivity contribution in [2.75, 3.05) is 13.8 Å². The largest absolute Gasteiger partial charge is 0.457 e. The first-order valence-corrected chi connectivity index (χ1v) is 6.61. The molecule has 104 valence electrons. The highest BCUT2D eigenvalue weighted by atomic mass is 16.7. The minimum atomic E-state index is 0.222. The summed E-state index contributed by atoms with van der Waals surface area (Å²) in [6.45, 7) is 2.37. The van der Waals surface area contributed by atoms with Crippen molar-refractivity contribution in [2.45, 2.75) is 13.0 Å². The van der Waals surface area contributed by atoms with Gasteiger partial charge in [0.1, 0.15) is 11.5 Å². The predicted molar refractivity (Wildman–Crippen MR) is 76.6 cm³/mol. The predicted octanol–water partition coefficient (Wildman–Crippen LogP) is 3.49. The van der Waals surface area contributed by atoms with E-state index in [9.17, 15) is 0 Å². The number of ether oxygens (including phenoxy) is 3. The molecule has 4 heteroatoms. The Morgan fingerprint density at radius 3 is 2.75 bits per heavy atom. The van der Waals surface area contributed by atoms with Gasteiger partial charge in [0, 0.05) is 17.7 Å². The molecule has 0 bridgehead atoms. The summed E-state index contributed by atoms with van der Waals surface area (Å²) in [5, 5.41) is 3.22. The zero-order chi connectivity index (χ0) is 13.9. The fourth-order valence-electron chi connectivity index (χ4n) is 2.15. The molecule has 3 rings (SSSR count). The average molecular weight is 271 g/mol. The van der Waals surface area contributed by atoms with Crippen LogP contribution >= 0.6 is 0 Å². The van der Waals surface area contributed by atoms with Crippen LogP contribution in [0.3, 0.4) is 0 Å². The fraction of sp³-hybridized carbons (Fsp3) is 0.250. The third kappa shape index (κ3) is 2.42. The first-order valence-electron chi connectivity index (χ1n) is 6.61. The Bertz CT molecular complexity index is 612. The van der Waals surface area contributed by atoms with Crippen molar-refractivity contribution in [2.24, 2.45) is 0 Å². The van der Waals surface area contributed by atoms with E-state index in [-0.39, 0.29) is 12.8 Å². The summed E-state index contributed by atoms with van der Waals surface area (Å²) in [5.74, 6) is 3.06. The van der Waals surface area contributed by atoms with Gasteiger partial charge in [0.05, 0.1) is 0 Å². The first-order chi connectivity index (χ1) is 9.78. The number of fused-ring (bicyclic) bond motifs is 1. The molecule has 0 aliphatic carbocycles. The van der Waals surface area contributed by atoms with E-state index in [1.54, 1.807) is 0 Å². The van der Waals surface area contributed by atoms with Gasteiger partial charge in [-0.2, -0.15) is 0 Å². The summed E-state index contributed by atoms with van der Waals surface area (Å²) in [7, 11) is 1.93. The molecule has 1 aliphatic rings. The minimum absolute atomic E-state index is 0.222. The molecule has 0 radical (unpaired) electrons. The lowest BCUT2D eigenvalue weighted by atomic mass is 10.1. The monoisotopic (exact) mass is 271 g/mol. The van der Waals surface area contributed by atoms with Gasteiger partial charge in [-0.3, -0.25) is 0 Å². The summed E-state index contributed by atoms with van der Waals surface area (Å²) in [5.41, 5.74) is 1.12. The van der Waals surface area contributed by atoms with Crippen LogP contribution in [-0.4, -0.2) is 13.8 Å². The number of nitrogens with one attached hydrogen (secondary N) is 1. The molecule has 4 nitrogen and oxygen atoms in total. The second kappa shape index (κ2) is 5.43. The Labute approximate surface area is 118 Å². The highest BCUT2D eigenvalue weighted by Gasteiger charge is 2.15. The van der Waals surface area contributed by atoms with E-state index in [2.05, 4.69) is 18.3 Å². The quantitative estimate of drug-likeness (QED) is 0.924. The van der Waals surface area contributed by atoms with Crippen LogP contribution in [0.1, 0.15) is 18.5 Å². The molecule has 0 spiro atoms. The van der Waals surface area contributed by atoms with Crippen LogP contribution in [0.2, 0.25) is 0 Å². The van der Waals surface area contributed by atoms with E-state index in [1.807, 2.05) is 43.4 Å². The Balaban J connectivity index is 1.88. The number of rotatable bonds is 4. The van der Waals surface area contributed by atoms with Crippen molar-refractivity contribution in [3.8, 4) is 23.0 Å². The maximum Gasteiger partial charge on any atom is 0.231 e. The lowest BCUT2D eigenvalue weighted by Crippen LogP contribution is -2.13. The van der Waals surface area contributed by atoms with Gasteiger partial charge in [-0.15, -0.1) is 0 Å². The molecule has 1 aliphatic heterocycles. The van der Waals surface area contributed by atoms with E-state index < -0.39 is 0 Å². The van der Waals surface area contributed by atoms with Gasteiger partial charge in [-0.1, -0.05) is 18.2 Å². The number of para-hydroxylation sites is 1. The van der Waals surface area contributed by atoms with Gasteiger partial charge >= 0.3 is 0 Å². The van der Waals surface area contributed by atoms with Crippen LogP contribution in [-0.2, 0) is 0 Å². The van der Waals surface area contributed by atoms with Crippen molar-refractivity contribution in [3.63, 3.8) is 0 Å². The van der Waals surface area contributed by atoms with Gasteiger partial charge in [0.15, 0.2) is 11.5 Å². The molecule has 1 heterocycles. The highest BCUT2D eigenvalue weighted by molar-refractivity contribution is 5.49. The minimum Gasteiger partial charge on any atom is -0.457 e.